The van der Waals surface area contributed by atoms with Crippen molar-refractivity contribution in [3.8, 4) is 17.2 Å². The second-order valence-corrected chi connectivity index (χ2v) is 5.87. The highest BCUT2D eigenvalue weighted by Crippen LogP contribution is 2.27. The van der Waals surface area contributed by atoms with Gasteiger partial charge in [-0.3, -0.25) is 20.4 Å². The lowest BCUT2D eigenvalue weighted by molar-refractivity contribution is -0.121. The monoisotopic (exact) mass is 384 g/mol. The Morgan fingerprint density at radius 1 is 0.929 bits per heavy atom. The summed E-state index contributed by atoms with van der Waals surface area (Å²) in [7, 11) is 4.55. The van der Waals surface area contributed by atoms with Gasteiger partial charge in [0.2, 0.25) is 5.91 Å². The molecule has 0 spiro atoms. The molecule has 0 saturated carbocycles. The molecule has 2 aromatic carbocycles. The Kier molecular flexibility index (Phi) is 5.69. The maximum atomic E-state index is 12.2. The molecular weight excluding hydrogens is 364 g/mol. The number of hydrogen-bond donors (Lipinski definition) is 2. The molecule has 3 rings (SSSR count). The van der Waals surface area contributed by atoms with Gasteiger partial charge in [-0.2, -0.15) is 0 Å². The summed E-state index contributed by atoms with van der Waals surface area (Å²) >= 11 is 0. The van der Waals surface area contributed by atoms with Crippen molar-refractivity contribution in [3.63, 3.8) is 0 Å². The van der Waals surface area contributed by atoms with Crippen LogP contribution in [0.15, 0.2) is 47.1 Å². The highest BCUT2D eigenvalue weighted by Gasteiger charge is 2.14. The van der Waals surface area contributed by atoms with Crippen LogP contribution in [0.3, 0.4) is 0 Å². The van der Waals surface area contributed by atoms with Gasteiger partial charge in [0.25, 0.3) is 5.91 Å². The highest BCUT2D eigenvalue weighted by molar-refractivity contribution is 5.96. The number of methoxy groups -OCH3 is 3. The molecule has 28 heavy (non-hydrogen) atoms. The number of nitrogens with one attached hydrogen (secondary N) is 2. The Balaban J connectivity index is 1.62. The number of ether oxygens (including phenoxy) is 3. The minimum Gasteiger partial charge on any atom is -0.497 e. The van der Waals surface area contributed by atoms with Gasteiger partial charge in [0, 0.05) is 22.6 Å². The van der Waals surface area contributed by atoms with Crippen LogP contribution in [0.5, 0.6) is 17.2 Å². The number of rotatable bonds is 6. The van der Waals surface area contributed by atoms with Gasteiger partial charge in [-0.15, -0.1) is 0 Å². The Morgan fingerprint density at radius 2 is 1.71 bits per heavy atom. The summed E-state index contributed by atoms with van der Waals surface area (Å²) in [6.45, 7) is 0. The van der Waals surface area contributed by atoms with Gasteiger partial charge in [0.05, 0.1) is 34.0 Å². The summed E-state index contributed by atoms with van der Waals surface area (Å²) in [6, 6.07) is 10.1. The minimum absolute atomic E-state index is 0.0472. The molecule has 0 atom stereocenters. The van der Waals surface area contributed by atoms with Crippen molar-refractivity contribution in [2.24, 2.45) is 0 Å². The van der Waals surface area contributed by atoms with E-state index in [1.807, 2.05) is 6.07 Å². The van der Waals surface area contributed by atoms with E-state index in [4.69, 9.17) is 18.6 Å². The number of carbonyl (C=O) groups is 2. The van der Waals surface area contributed by atoms with Gasteiger partial charge in [-0.1, -0.05) is 0 Å². The molecule has 2 amide bonds. The van der Waals surface area contributed by atoms with E-state index in [2.05, 4.69) is 10.9 Å². The number of fused-ring (bicyclic) bond motifs is 1. The van der Waals surface area contributed by atoms with E-state index in [1.54, 1.807) is 31.4 Å². The topological polar surface area (TPSA) is 99.0 Å². The number of carbonyl (C=O) groups excluding carboxylic acids is 2. The van der Waals surface area contributed by atoms with Crippen LogP contribution in [0.1, 0.15) is 15.9 Å². The zero-order chi connectivity index (χ0) is 20.1. The van der Waals surface area contributed by atoms with Gasteiger partial charge in [-0.05, 0) is 30.3 Å². The molecule has 1 aromatic heterocycles. The number of furan rings is 1. The van der Waals surface area contributed by atoms with Crippen molar-refractivity contribution in [2.75, 3.05) is 21.3 Å². The Morgan fingerprint density at radius 3 is 2.43 bits per heavy atom. The van der Waals surface area contributed by atoms with Crippen LogP contribution in [0.2, 0.25) is 0 Å². The predicted octanol–water partition coefficient (Wildman–Crippen LogP) is 2.46. The minimum atomic E-state index is -0.476. The summed E-state index contributed by atoms with van der Waals surface area (Å²) in [4.78, 5) is 24.4. The van der Waals surface area contributed by atoms with Gasteiger partial charge >= 0.3 is 0 Å². The molecule has 0 saturated heterocycles. The number of hydrazine groups is 1. The van der Waals surface area contributed by atoms with E-state index in [-0.39, 0.29) is 12.3 Å². The van der Waals surface area contributed by atoms with Crippen LogP contribution < -0.4 is 25.1 Å². The first-order valence-electron chi connectivity index (χ1n) is 8.41. The van der Waals surface area contributed by atoms with Crippen LogP contribution in [0.4, 0.5) is 0 Å². The van der Waals surface area contributed by atoms with Gasteiger partial charge < -0.3 is 18.6 Å². The Labute approximate surface area is 161 Å². The Hall–Kier alpha value is -3.68. The van der Waals surface area contributed by atoms with Gasteiger partial charge in [0.1, 0.15) is 11.3 Å². The largest absolute Gasteiger partial charge is 0.497 e. The molecule has 0 aliphatic carbocycles. The van der Waals surface area contributed by atoms with E-state index >= 15 is 0 Å². The molecular formula is C20H20N2O6. The molecule has 2 N–H and O–H groups in total. The van der Waals surface area contributed by atoms with Crippen LogP contribution in [0, 0.1) is 0 Å². The van der Waals surface area contributed by atoms with Crippen LogP contribution in [-0.2, 0) is 11.2 Å². The van der Waals surface area contributed by atoms with Crippen LogP contribution >= 0.6 is 0 Å². The zero-order valence-electron chi connectivity index (χ0n) is 15.7. The summed E-state index contributed by atoms with van der Waals surface area (Å²) < 4.78 is 20.9. The van der Waals surface area contributed by atoms with Crippen molar-refractivity contribution >= 4 is 22.8 Å². The van der Waals surface area contributed by atoms with Gasteiger partial charge in [-0.25, -0.2) is 0 Å². The second-order valence-electron chi connectivity index (χ2n) is 5.87. The van der Waals surface area contributed by atoms with Crippen molar-refractivity contribution in [1.29, 1.82) is 0 Å². The van der Waals surface area contributed by atoms with Crippen molar-refractivity contribution in [2.45, 2.75) is 6.42 Å². The third-order valence-corrected chi connectivity index (χ3v) is 4.18. The molecule has 3 aromatic rings. The smallest absolute Gasteiger partial charge is 0.269 e. The maximum absolute atomic E-state index is 12.2. The molecule has 0 aliphatic rings. The first-order valence-corrected chi connectivity index (χ1v) is 8.41. The third-order valence-electron chi connectivity index (χ3n) is 4.18. The molecule has 0 unspecified atom stereocenters. The summed E-state index contributed by atoms with van der Waals surface area (Å²) in [6.07, 6.45) is 1.56. The SMILES string of the molecule is COc1ccc2c(CC(=O)NNC(=O)c3ccc(OC)c(OC)c3)coc2c1. The van der Waals surface area contributed by atoms with E-state index in [9.17, 15) is 9.59 Å². The van der Waals surface area contributed by atoms with Crippen molar-refractivity contribution in [3.05, 3.63) is 53.8 Å². The molecule has 0 fully saturated rings. The fraction of sp³-hybridized carbons (Fsp3) is 0.200. The predicted molar refractivity (Wildman–Crippen MR) is 102 cm³/mol. The summed E-state index contributed by atoms with van der Waals surface area (Å²) in [5.74, 6) is 0.733. The molecule has 0 bridgehead atoms. The second kappa shape index (κ2) is 8.34. The summed E-state index contributed by atoms with van der Waals surface area (Å²) in [5, 5.41) is 0.808. The fourth-order valence-electron chi connectivity index (χ4n) is 2.72. The molecule has 8 nitrogen and oxygen atoms in total. The number of benzene rings is 2. The average molecular weight is 384 g/mol. The standard InChI is InChI=1S/C20H20N2O6/c1-25-14-5-6-15-13(11-28-17(15)10-14)9-19(23)21-22-20(24)12-4-7-16(26-2)18(8-12)27-3/h4-8,10-11H,9H2,1-3H3,(H,21,23)(H,22,24). The number of amides is 2. The lowest BCUT2D eigenvalue weighted by Gasteiger charge is -2.10. The van der Waals surface area contributed by atoms with Crippen molar-refractivity contribution < 1.29 is 28.2 Å². The molecule has 8 heteroatoms. The third kappa shape index (κ3) is 4.01. The van der Waals surface area contributed by atoms with Gasteiger partial charge in [0.15, 0.2) is 11.5 Å². The maximum Gasteiger partial charge on any atom is 0.269 e. The molecule has 1 heterocycles. The average Bonchev–Trinajstić information content (AvgIpc) is 3.13. The molecule has 146 valence electrons. The van der Waals surface area contributed by atoms with Crippen LogP contribution in [0.25, 0.3) is 11.0 Å². The van der Waals surface area contributed by atoms with E-state index < -0.39 is 5.91 Å². The fourth-order valence-corrected chi connectivity index (χ4v) is 2.72. The first-order chi connectivity index (χ1) is 13.5. The normalized spacial score (nSPS) is 10.4. The lowest BCUT2D eigenvalue weighted by atomic mass is 10.1. The lowest BCUT2D eigenvalue weighted by Crippen LogP contribution is -2.42. The highest BCUT2D eigenvalue weighted by atomic mass is 16.5. The Bertz CT molecular complexity index is 1010. The molecule has 0 aliphatic heterocycles. The summed E-state index contributed by atoms with van der Waals surface area (Å²) in [5.41, 5.74) is 6.42. The van der Waals surface area contributed by atoms with Crippen molar-refractivity contribution in [1.82, 2.24) is 10.9 Å². The van der Waals surface area contributed by atoms with Crippen LogP contribution in [-0.4, -0.2) is 33.1 Å². The van der Waals surface area contributed by atoms with E-state index in [1.165, 1.54) is 26.5 Å². The molecule has 0 radical (unpaired) electrons. The van der Waals surface area contributed by atoms with E-state index in [0.29, 0.717) is 34.0 Å². The first kappa shape index (κ1) is 19.1. The van der Waals surface area contributed by atoms with E-state index in [0.717, 1.165) is 5.39 Å². The quantitative estimate of drug-likeness (QED) is 0.634. The number of hydrogen-bond acceptors (Lipinski definition) is 6. The zero-order valence-corrected chi connectivity index (χ0v) is 15.7.